The lowest BCUT2D eigenvalue weighted by Gasteiger charge is -2.40. The molecule has 3 heteroatoms. The molecule has 0 amide bonds. The molecule has 2 aliphatic carbocycles. The van der Waals surface area contributed by atoms with E-state index in [1.165, 1.54) is 0 Å². The van der Waals surface area contributed by atoms with Crippen molar-refractivity contribution < 1.29 is 9.32 Å². The molecule has 2 aromatic carbocycles. The minimum absolute atomic E-state index is 0.0761. The first-order chi connectivity index (χ1) is 11.0. The molecule has 2 fully saturated rings. The molecule has 2 aromatic rings. The lowest BCUT2D eigenvalue weighted by Crippen LogP contribution is -2.43. The topological polar surface area (TPSA) is 37.3 Å². The Labute approximate surface area is 140 Å². The Bertz CT molecular complexity index is 777. The third kappa shape index (κ3) is 2.06. The predicted octanol–water partition coefficient (Wildman–Crippen LogP) is 4.13. The normalized spacial score (nSPS) is 33.2. The summed E-state index contributed by atoms with van der Waals surface area (Å²) in [4.78, 5) is 0.913. The van der Waals surface area contributed by atoms with Crippen molar-refractivity contribution in [2.45, 2.75) is 44.1 Å². The number of rotatable bonds is 3. The molecule has 0 saturated heterocycles. The van der Waals surface area contributed by atoms with Crippen molar-refractivity contribution in [2.24, 2.45) is 16.7 Å². The van der Waals surface area contributed by atoms with Crippen molar-refractivity contribution in [3.05, 3.63) is 42.5 Å². The van der Waals surface area contributed by atoms with E-state index in [2.05, 4.69) is 26.0 Å². The van der Waals surface area contributed by atoms with E-state index in [0.717, 1.165) is 34.9 Å². The average Bonchev–Trinajstić information content (AvgIpc) is 2.88. The van der Waals surface area contributed by atoms with Crippen LogP contribution >= 0.6 is 0 Å². The molecular weight excluding hydrogens is 304 g/mol. The van der Waals surface area contributed by atoms with E-state index in [1.54, 1.807) is 0 Å². The Morgan fingerprint density at radius 2 is 1.91 bits per heavy atom. The second kappa shape index (κ2) is 5.15. The van der Waals surface area contributed by atoms with Gasteiger partial charge in [0.05, 0.1) is 16.9 Å². The van der Waals surface area contributed by atoms with Gasteiger partial charge in [-0.25, -0.2) is 0 Å². The quantitative estimate of drug-likeness (QED) is 0.919. The van der Waals surface area contributed by atoms with E-state index in [-0.39, 0.29) is 16.9 Å². The Kier molecular flexibility index (Phi) is 3.44. The lowest BCUT2D eigenvalue weighted by atomic mass is 9.70. The second-order valence-corrected chi connectivity index (χ2v) is 9.25. The fraction of sp³-hybridized carbons (Fsp3) is 0.500. The fourth-order valence-electron chi connectivity index (χ4n) is 5.09. The highest BCUT2D eigenvalue weighted by atomic mass is 32.2. The summed E-state index contributed by atoms with van der Waals surface area (Å²) < 4.78 is 13.2. The molecule has 2 bridgehead atoms. The van der Waals surface area contributed by atoms with Gasteiger partial charge in [0.2, 0.25) is 0 Å². The van der Waals surface area contributed by atoms with Crippen molar-refractivity contribution >= 4 is 21.6 Å². The highest BCUT2D eigenvalue weighted by molar-refractivity contribution is 7.85. The van der Waals surface area contributed by atoms with Crippen molar-refractivity contribution in [3.8, 4) is 0 Å². The predicted molar refractivity (Wildman–Crippen MR) is 94.8 cm³/mol. The summed E-state index contributed by atoms with van der Waals surface area (Å²) in [5.41, 5.74) is -0.119. The highest BCUT2D eigenvalue weighted by Gasteiger charge is 2.64. The van der Waals surface area contributed by atoms with Crippen molar-refractivity contribution in [3.63, 3.8) is 0 Å². The van der Waals surface area contributed by atoms with Crippen LogP contribution in [0, 0.1) is 16.7 Å². The number of benzene rings is 2. The summed E-state index contributed by atoms with van der Waals surface area (Å²) in [5.74, 6) is 1.15. The minimum Gasteiger partial charge on any atom is -0.392 e. The fourth-order valence-corrected chi connectivity index (χ4v) is 7.08. The smallest absolute Gasteiger partial charge is 0.0613 e. The third-order valence-corrected chi connectivity index (χ3v) is 8.40. The summed E-state index contributed by atoms with van der Waals surface area (Å²) in [6.45, 7) is 4.53. The number of aliphatic hydroxyl groups is 1. The van der Waals surface area contributed by atoms with Gasteiger partial charge in [0.1, 0.15) is 0 Å². The van der Waals surface area contributed by atoms with Gasteiger partial charge in [0, 0.05) is 16.1 Å². The molecule has 0 radical (unpaired) electrons. The summed E-state index contributed by atoms with van der Waals surface area (Å²) in [6, 6.07) is 14.2. The second-order valence-electron chi connectivity index (χ2n) is 7.83. The average molecular weight is 328 g/mol. The van der Waals surface area contributed by atoms with Crippen molar-refractivity contribution in [2.75, 3.05) is 5.75 Å². The Morgan fingerprint density at radius 3 is 2.61 bits per heavy atom. The van der Waals surface area contributed by atoms with Crippen LogP contribution in [-0.4, -0.2) is 21.2 Å². The maximum Gasteiger partial charge on any atom is 0.0613 e. The summed E-state index contributed by atoms with van der Waals surface area (Å²) in [6.07, 6.45) is 2.73. The molecule has 0 aliphatic heterocycles. The number of hydrogen-bond acceptors (Lipinski definition) is 2. The molecule has 2 aliphatic rings. The first-order valence-corrected chi connectivity index (χ1v) is 9.82. The van der Waals surface area contributed by atoms with Gasteiger partial charge in [0.15, 0.2) is 0 Å². The molecule has 122 valence electrons. The SMILES string of the molecule is CC1(C)[C@@H]2CC[C@@]1(C[S@](=O)c1cccc3ccccc13)[C@H](O)C2. The summed E-state index contributed by atoms with van der Waals surface area (Å²) >= 11 is 0. The molecule has 0 unspecified atom stereocenters. The van der Waals surface area contributed by atoms with Crippen LogP contribution in [0.5, 0.6) is 0 Å². The molecule has 2 nitrogen and oxygen atoms in total. The van der Waals surface area contributed by atoms with Gasteiger partial charge in [-0.3, -0.25) is 4.21 Å². The van der Waals surface area contributed by atoms with E-state index in [4.69, 9.17) is 0 Å². The van der Waals surface area contributed by atoms with E-state index in [9.17, 15) is 9.32 Å². The monoisotopic (exact) mass is 328 g/mol. The van der Waals surface area contributed by atoms with Crippen LogP contribution in [0.2, 0.25) is 0 Å². The lowest BCUT2D eigenvalue weighted by molar-refractivity contribution is 0.0160. The summed E-state index contributed by atoms with van der Waals surface area (Å²) in [7, 11) is -1.09. The van der Waals surface area contributed by atoms with Gasteiger partial charge in [0.25, 0.3) is 0 Å². The van der Waals surface area contributed by atoms with Gasteiger partial charge in [-0.05, 0) is 47.4 Å². The molecule has 0 heterocycles. The Balaban J connectivity index is 1.73. The maximum atomic E-state index is 13.2. The molecule has 4 atom stereocenters. The standard InChI is InChI=1S/C20H24O2S/c1-19(2)15-10-11-20(19,18(21)12-15)13-23(22)17-9-5-7-14-6-3-4-8-16(14)17/h3-9,15,18,21H,10-13H2,1-2H3/t15-,18-,20-,23+/m1/s1. The van der Waals surface area contributed by atoms with E-state index >= 15 is 0 Å². The van der Waals surface area contributed by atoms with Crippen LogP contribution < -0.4 is 0 Å². The zero-order chi connectivity index (χ0) is 16.2. The minimum atomic E-state index is -1.09. The van der Waals surface area contributed by atoms with E-state index in [1.807, 2.05) is 30.3 Å². The van der Waals surface area contributed by atoms with Gasteiger partial charge >= 0.3 is 0 Å². The third-order valence-electron chi connectivity index (χ3n) is 6.77. The maximum absolute atomic E-state index is 13.2. The van der Waals surface area contributed by atoms with Crippen LogP contribution in [0.25, 0.3) is 10.8 Å². The molecule has 23 heavy (non-hydrogen) atoms. The van der Waals surface area contributed by atoms with Crippen LogP contribution in [0.3, 0.4) is 0 Å². The van der Waals surface area contributed by atoms with Crippen LogP contribution in [-0.2, 0) is 10.8 Å². The van der Waals surface area contributed by atoms with Gasteiger partial charge < -0.3 is 5.11 Å². The van der Waals surface area contributed by atoms with Crippen LogP contribution in [0.4, 0.5) is 0 Å². The highest BCUT2D eigenvalue weighted by Crippen LogP contribution is 2.66. The van der Waals surface area contributed by atoms with Gasteiger partial charge in [-0.15, -0.1) is 0 Å². The molecule has 4 rings (SSSR count). The molecule has 0 spiro atoms. The number of aliphatic hydroxyl groups excluding tert-OH is 1. The molecule has 2 saturated carbocycles. The Morgan fingerprint density at radius 1 is 1.17 bits per heavy atom. The van der Waals surface area contributed by atoms with Gasteiger partial charge in [-0.1, -0.05) is 50.2 Å². The van der Waals surface area contributed by atoms with Crippen LogP contribution in [0.15, 0.2) is 47.4 Å². The number of hydrogen-bond donors (Lipinski definition) is 1. The van der Waals surface area contributed by atoms with Crippen molar-refractivity contribution in [1.82, 2.24) is 0 Å². The van der Waals surface area contributed by atoms with E-state index < -0.39 is 10.8 Å². The Hall–Kier alpha value is -1.19. The molecule has 0 aromatic heterocycles. The largest absolute Gasteiger partial charge is 0.392 e. The number of fused-ring (bicyclic) bond motifs is 3. The zero-order valence-electron chi connectivity index (χ0n) is 13.8. The first kappa shape index (κ1) is 15.3. The van der Waals surface area contributed by atoms with E-state index in [0.29, 0.717) is 11.7 Å². The summed E-state index contributed by atoms with van der Waals surface area (Å²) in [5, 5.41) is 12.9. The van der Waals surface area contributed by atoms with Crippen molar-refractivity contribution in [1.29, 1.82) is 0 Å². The van der Waals surface area contributed by atoms with Gasteiger partial charge in [-0.2, -0.15) is 0 Å². The first-order valence-electron chi connectivity index (χ1n) is 8.50. The molecule has 1 N–H and O–H groups in total. The molecular formula is C20H24O2S. The zero-order valence-corrected chi connectivity index (χ0v) is 14.6. The van der Waals surface area contributed by atoms with Crippen LogP contribution in [0.1, 0.15) is 33.1 Å².